The second-order valence-electron chi connectivity index (χ2n) is 4.43. The van der Waals surface area contributed by atoms with Gasteiger partial charge in [0.05, 0.1) is 22.5 Å². The molecule has 0 aliphatic carbocycles. The molecule has 0 fully saturated rings. The van der Waals surface area contributed by atoms with E-state index < -0.39 is 0 Å². The summed E-state index contributed by atoms with van der Waals surface area (Å²) in [7, 11) is 0. The minimum atomic E-state index is 0.0996. The molecule has 0 unspecified atom stereocenters. The van der Waals surface area contributed by atoms with E-state index in [9.17, 15) is 0 Å². The number of aryl methyl sites for hydroxylation is 1. The Bertz CT molecular complexity index is 544. The van der Waals surface area contributed by atoms with Gasteiger partial charge in [0, 0.05) is 24.0 Å². The monoisotopic (exact) mass is 265 g/mol. The first-order chi connectivity index (χ1) is 8.45. The maximum atomic E-state index is 6.00. The molecule has 2 N–H and O–H groups in total. The van der Waals surface area contributed by atoms with E-state index in [1.165, 1.54) is 0 Å². The maximum Gasteiger partial charge on any atom is 0.123 e. The fourth-order valence-electron chi connectivity index (χ4n) is 1.65. The van der Waals surface area contributed by atoms with Crippen molar-refractivity contribution in [2.75, 3.05) is 5.73 Å². The van der Waals surface area contributed by atoms with Crippen LogP contribution < -0.4 is 10.5 Å². The first kappa shape index (κ1) is 12.8. The van der Waals surface area contributed by atoms with E-state index in [2.05, 4.69) is 5.10 Å². The number of anilines is 1. The van der Waals surface area contributed by atoms with E-state index in [0.717, 1.165) is 17.1 Å². The summed E-state index contributed by atoms with van der Waals surface area (Å²) >= 11 is 6.00. The van der Waals surface area contributed by atoms with Crippen LogP contribution in [0.3, 0.4) is 0 Å². The van der Waals surface area contributed by atoms with Crippen molar-refractivity contribution in [3.05, 3.63) is 35.1 Å². The zero-order chi connectivity index (χ0) is 13.3. The van der Waals surface area contributed by atoms with E-state index in [0.29, 0.717) is 10.7 Å². The highest BCUT2D eigenvalue weighted by atomic mass is 35.5. The Kier molecular flexibility index (Phi) is 3.48. The molecule has 18 heavy (non-hydrogen) atoms. The van der Waals surface area contributed by atoms with E-state index in [1.807, 2.05) is 32.9 Å². The van der Waals surface area contributed by atoms with Crippen LogP contribution in [0.5, 0.6) is 5.75 Å². The molecule has 96 valence electrons. The zero-order valence-corrected chi connectivity index (χ0v) is 11.4. The Hall–Kier alpha value is -1.68. The molecule has 2 rings (SSSR count). The van der Waals surface area contributed by atoms with Crippen LogP contribution in [0.4, 0.5) is 5.69 Å². The van der Waals surface area contributed by atoms with Crippen LogP contribution in [0.1, 0.15) is 19.5 Å². The summed E-state index contributed by atoms with van der Waals surface area (Å²) in [5.41, 5.74) is 8.11. The Balaban J connectivity index is 2.41. The molecule has 1 aromatic carbocycles. The number of halogens is 1. The van der Waals surface area contributed by atoms with Crippen molar-refractivity contribution in [2.45, 2.75) is 26.9 Å². The highest BCUT2D eigenvalue weighted by Crippen LogP contribution is 2.24. The van der Waals surface area contributed by atoms with Gasteiger partial charge in [-0.2, -0.15) is 5.10 Å². The van der Waals surface area contributed by atoms with Gasteiger partial charge in [0.25, 0.3) is 0 Å². The largest absolute Gasteiger partial charge is 0.491 e. The third-order valence-electron chi connectivity index (χ3n) is 2.39. The molecule has 0 atom stereocenters. The molecule has 2 aromatic rings. The van der Waals surface area contributed by atoms with E-state index in [1.54, 1.807) is 16.9 Å². The predicted molar refractivity (Wildman–Crippen MR) is 73.5 cm³/mol. The molecule has 0 aliphatic heterocycles. The Morgan fingerprint density at radius 1 is 1.33 bits per heavy atom. The average Bonchev–Trinajstić information content (AvgIpc) is 2.57. The first-order valence-electron chi connectivity index (χ1n) is 5.75. The van der Waals surface area contributed by atoms with Crippen LogP contribution >= 0.6 is 11.6 Å². The minimum absolute atomic E-state index is 0.0996. The molecule has 5 heteroatoms. The minimum Gasteiger partial charge on any atom is -0.491 e. The number of aromatic nitrogens is 2. The van der Waals surface area contributed by atoms with Gasteiger partial charge in [-0.05, 0) is 26.8 Å². The number of nitrogens with two attached hydrogens (primary N) is 1. The van der Waals surface area contributed by atoms with Crippen LogP contribution in [-0.4, -0.2) is 15.9 Å². The van der Waals surface area contributed by atoms with Gasteiger partial charge < -0.3 is 10.5 Å². The van der Waals surface area contributed by atoms with Gasteiger partial charge in [-0.3, -0.25) is 0 Å². The first-order valence-corrected chi connectivity index (χ1v) is 6.13. The lowest BCUT2D eigenvalue weighted by Gasteiger charge is -2.12. The predicted octanol–water partition coefficient (Wildman–Crippen LogP) is 3.20. The summed E-state index contributed by atoms with van der Waals surface area (Å²) in [5, 5.41) is 4.94. The van der Waals surface area contributed by atoms with Gasteiger partial charge >= 0.3 is 0 Å². The summed E-state index contributed by atoms with van der Waals surface area (Å²) in [4.78, 5) is 0. The lowest BCUT2D eigenvalue weighted by atomic mass is 10.2. The van der Waals surface area contributed by atoms with Crippen molar-refractivity contribution in [1.82, 2.24) is 9.78 Å². The Morgan fingerprint density at radius 3 is 2.61 bits per heavy atom. The number of ether oxygens (including phenoxy) is 1. The summed E-state index contributed by atoms with van der Waals surface area (Å²) in [6.07, 6.45) is 1.85. The molecule has 1 heterocycles. The lowest BCUT2D eigenvalue weighted by Crippen LogP contribution is -2.07. The van der Waals surface area contributed by atoms with Crippen LogP contribution in [0, 0.1) is 6.92 Å². The molecule has 0 bridgehead atoms. The smallest absolute Gasteiger partial charge is 0.123 e. The van der Waals surface area contributed by atoms with Gasteiger partial charge in [0.15, 0.2) is 0 Å². The molecule has 4 nitrogen and oxygen atoms in total. The number of hydrogen-bond donors (Lipinski definition) is 1. The van der Waals surface area contributed by atoms with Crippen LogP contribution in [0.2, 0.25) is 5.02 Å². The van der Waals surface area contributed by atoms with Gasteiger partial charge in [-0.15, -0.1) is 0 Å². The SMILES string of the molecule is Cc1nn(-c2cc(N)cc(OC(C)C)c2)cc1Cl. The molecular weight excluding hydrogens is 250 g/mol. The molecule has 0 radical (unpaired) electrons. The van der Waals surface area contributed by atoms with Gasteiger partial charge in [-0.1, -0.05) is 11.6 Å². The highest BCUT2D eigenvalue weighted by molar-refractivity contribution is 6.31. The Labute approximate surface area is 111 Å². The average molecular weight is 266 g/mol. The quantitative estimate of drug-likeness (QED) is 0.867. The van der Waals surface area contributed by atoms with Crippen molar-refractivity contribution in [3.8, 4) is 11.4 Å². The van der Waals surface area contributed by atoms with E-state index >= 15 is 0 Å². The molecule has 0 saturated carbocycles. The second-order valence-corrected chi connectivity index (χ2v) is 4.84. The second kappa shape index (κ2) is 4.90. The van der Waals surface area contributed by atoms with Crippen molar-refractivity contribution < 1.29 is 4.74 Å². The van der Waals surface area contributed by atoms with Crippen LogP contribution in [-0.2, 0) is 0 Å². The van der Waals surface area contributed by atoms with Crippen LogP contribution in [0.25, 0.3) is 5.69 Å². The topological polar surface area (TPSA) is 53.1 Å². The molecule has 1 aromatic heterocycles. The number of rotatable bonds is 3. The summed E-state index contributed by atoms with van der Waals surface area (Å²) in [6.45, 7) is 5.80. The molecule has 0 spiro atoms. The Morgan fingerprint density at radius 2 is 2.06 bits per heavy atom. The fraction of sp³-hybridized carbons (Fsp3) is 0.308. The number of benzene rings is 1. The normalized spacial score (nSPS) is 10.9. The molecule has 0 aliphatic rings. The van der Waals surface area contributed by atoms with Crippen molar-refractivity contribution in [1.29, 1.82) is 0 Å². The van der Waals surface area contributed by atoms with E-state index in [-0.39, 0.29) is 6.10 Å². The third-order valence-corrected chi connectivity index (χ3v) is 2.76. The third kappa shape index (κ3) is 2.76. The van der Waals surface area contributed by atoms with Crippen molar-refractivity contribution >= 4 is 17.3 Å². The number of hydrogen-bond acceptors (Lipinski definition) is 3. The van der Waals surface area contributed by atoms with E-state index in [4.69, 9.17) is 22.1 Å². The summed E-state index contributed by atoms with van der Waals surface area (Å²) in [5.74, 6) is 0.726. The zero-order valence-electron chi connectivity index (χ0n) is 10.6. The summed E-state index contributed by atoms with van der Waals surface area (Å²) in [6, 6.07) is 5.51. The molecular formula is C13H16ClN3O. The fourth-order valence-corrected chi connectivity index (χ4v) is 1.78. The van der Waals surface area contributed by atoms with Crippen molar-refractivity contribution in [3.63, 3.8) is 0 Å². The van der Waals surface area contributed by atoms with Gasteiger partial charge in [0.1, 0.15) is 5.75 Å². The maximum absolute atomic E-state index is 6.00. The number of nitrogens with zero attached hydrogens (tertiary/aromatic N) is 2. The van der Waals surface area contributed by atoms with Gasteiger partial charge in [-0.25, -0.2) is 4.68 Å². The standard InChI is InChI=1S/C13H16ClN3O/c1-8(2)18-12-5-10(15)4-11(6-12)17-7-13(14)9(3)16-17/h4-8H,15H2,1-3H3. The van der Waals surface area contributed by atoms with Gasteiger partial charge in [0.2, 0.25) is 0 Å². The highest BCUT2D eigenvalue weighted by Gasteiger charge is 2.07. The van der Waals surface area contributed by atoms with Crippen LogP contribution in [0.15, 0.2) is 24.4 Å². The summed E-state index contributed by atoms with van der Waals surface area (Å²) < 4.78 is 7.34. The molecule has 0 amide bonds. The number of nitrogen functional groups attached to an aromatic ring is 1. The van der Waals surface area contributed by atoms with Crippen molar-refractivity contribution in [2.24, 2.45) is 0 Å². The molecule has 0 saturated heterocycles. The lowest BCUT2D eigenvalue weighted by molar-refractivity contribution is 0.242.